The molecule has 20 heavy (non-hydrogen) atoms. The van der Waals surface area contributed by atoms with E-state index in [0.29, 0.717) is 0 Å². The zero-order valence-electron chi connectivity index (χ0n) is 12.6. The van der Waals surface area contributed by atoms with Crippen LogP contribution in [0.1, 0.15) is 44.0 Å². The van der Waals surface area contributed by atoms with E-state index in [1.54, 1.807) is 0 Å². The van der Waals surface area contributed by atoms with E-state index < -0.39 is 0 Å². The van der Waals surface area contributed by atoms with Gasteiger partial charge in [0.15, 0.2) is 0 Å². The van der Waals surface area contributed by atoms with Gasteiger partial charge in [-0.1, -0.05) is 50.6 Å². The van der Waals surface area contributed by atoms with Crippen LogP contribution in [0, 0.1) is 0 Å². The van der Waals surface area contributed by atoms with Gasteiger partial charge in [-0.15, -0.1) is 0 Å². The van der Waals surface area contributed by atoms with Crippen molar-refractivity contribution in [1.82, 2.24) is 9.78 Å². The first kappa shape index (κ1) is 14.4. The van der Waals surface area contributed by atoms with Gasteiger partial charge in [-0.25, -0.2) is 0 Å². The third-order valence-corrected chi connectivity index (χ3v) is 3.57. The van der Waals surface area contributed by atoms with Crippen molar-refractivity contribution < 1.29 is 0 Å². The molecule has 0 saturated heterocycles. The van der Waals surface area contributed by atoms with Crippen LogP contribution in [0.15, 0.2) is 30.3 Å². The Hall–Kier alpha value is -1.97. The average molecular weight is 272 g/mol. The molecule has 0 radical (unpaired) electrons. The monoisotopic (exact) mass is 272 g/mol. The van der Waals surface area contributed by atoms with Crippen LogP contribution in [-0.2, 0) is 13.5 Å². The molecule has 1 aromatic heterocycles. The molecular formula is C16H24N4. The van der Waals surface area contributed by atoms with E-state index in [9.17, 15) is 0 Å². The van der Waals surface area contributed by atoms with Gasteiger partial charge in [0.2, 0.25) is 0 Å². The molecule has 1 aromatic carbocycles. The Bertz CT molecular complexity index is 545. The maximum atomic E-state index is 6.23. The zero-order valence-corrected chi connectivity index (χ0v) is 12.6. The van der Waals surface area contributed by atoms with Crippen molar-refractivity contribution >= 4 is 11.5 Å². The standard InChI is InChI=1S/C16H24N4/c1-4-9-14-15(17)16(20(3)19-14)18-13(5-2)12-10-7-6-8-11-12/h6-8,10-11,13,18H,4-5,9,17H2,1-3H3. The molecule has 0 bridgehead atoms. The lowest BCUT2D eigenvalue weighted by molar-refractivity contribution is 0.699. The number of aryl methyl sites for hydroxylation is 2. The molecule has 108 valence electrons. The van der Waals surface area contributed by atoms with Crippen LogP contribution >= 0.6 is 0 Å². The molecule has 1 heterocycles. The molecule has 0 amide bonds. The smallest absolute Gasteiger partial charge is 0.148 e. The van der Waals surface area contributed by atoms with Gasteiger partial charge in [-0.05, 0) is 18.4 Å². The summed E-state index contributed by atoms with van der Waals surface area (Å²) in [6, 6.07) is 10.7. The minimum atomic E-state index is 0.253. The number of hydrogen-bond donors (Lipinski definition) is 2. The Morgan fingerprint density at radius 2 is 1.95 bits per heavy atom. The number of rotatable bonds is 6. The quantitative estimate of drug-likeness (QED) is 0.846. The summed E-state index contributed by atoms with van der Waals surface area (Å²) in [5.74, 6) is 0.921. The largest absolute Gasteiger partial charge is 0.394 e. The Labute approximate surface area is 121 Å². The molecule has 0 saturated carbocycles. The summed E-state index contributed by atoms with van der Waals surface area (Å²) < 4.78 is 1.85. The van der Waals surface area contributed by atoms with Crippen molar-refractivity contribution in [1.29, 1.82) is 0 Å². The first-order chi connectivity index (χ1) is 9.67. The van der Waals surface area contributed by atoms with E-state index in [1.165, 1.54) is 5.56 Å². The highest BCUT2D eigenvalue weighted by molar-refractivity contribution is 5.65. The molecule has 2 rings (SSSR count). The maximum Gasteiger partial charge on any atom is 0.148 e. The number of aromatic nitrogens is 2. The molecule has 0 aliphatic rings. The second kappa shape index (κ2) is 6.46. The Morgan fingerprint density at radius 1 is 1.25 bits per heavy atom. The Kier molecular flexibility index (Phi) is 4.66. The lowest BCUT2D eigenvalue weighted by atomic mass is 10.0. The summed E-state index contributed by atoms with van der Waals surface area (Å²) in [5, 5.41) is 8.05. The number of nitrogen functional groups attached to an aromatic ring is 1. The van der Waals surface area contributed by atoms with Crippen LogP contribution in [0.2, 0.25) is 0 Å². The number of nitrogens with two attached hydrogens (primary N) is 1. The van der Waals surface area contributed by atoms with E-state index in [2.05, 4.69) is 48.5 Å². The van der Waals surface area contributed by atoms with Crippen molar-refractivity contribution in [2.45, 2.75) is 39.2 Å². The lowest BCUT2D eigenvalue weighted by Crippen LogP contribution is -2.13. The number of nitrogens with one attached hydrogen (secondary N) is 1. The number of hydrogen-bond acceptors (Lipinski definition) is 3. The van der Waals surface area contributed by atoms with Gasteiger partial charge in [0.25, 0.3) is 0 Å². The summed E-state index contributed by atoms with van der Waals surface area (Å²) in [7, 11) is 1.94. The molecule has 0 aliphatic heterocycles. The first-order valence-electron chi connectivity index (χ1n) is 7.30. The van der Waals surface area contributed by atoms with Crippen molar-refractivity contribution in [3.05, 3.63) is 41.6 Å². The molecule has 4 heteroatoms. The lowest BCUT2D eigenvalue weighted by Gasteiger charge is -2.19. The van der Waals surface area contributed by atoms with E-state index >= 15 is 0 Å². The fourth-order valence-electron chi connectivity index (χ4n) is 2.46. The molecule has 1 unspecified atom stereocenters. The third kappa shape index (κ3) is 2.95. The van der Waals surface area contributed by atoms with Crippen LogP contribution in [0.25, 0.3) is 0 Å². The summed E-state index contributed by atoms with van der Waals surface area (Å²) in [6.07, 6.45) is 2.97. The summed E-state index contributed by atoms with van der Waals surface area (Å²) in [5.41, 5.74) is 9.26. The summed E-state index contributed by atoms with van der Waals surface area (Å²) in [6.45, 7) is 4.31. The van der Waals surface area contributed by atoms with E-state index in [-0.39, 0.29) is 6.04 Å². The van der Waals surface area contributed by atoms with E-state index in [0.717, 1.165) is 36.5 Å². The van der Waals surface area contributed by atoms with Gasteiger partial charge < -0.3 is 11.1 Å². The predicted octanol–water partition coefficient (Wildman–Crippen LogP) is 3.52. The van der Waals surface area contributed by atoms with E-state index in [1.807, 2.05) is 17.8 Å². The van der Waals surface area contributed by atoms with Crippen molar-refractivity contribution in [2.75, 3.05) is 11.1 Å². The van der Waals surface area contributed by atoms with E-state index in [4.69, 9.17) is 5.73 Å². The highest BCUT2D eigenvalue weighted by atomic mass is 15.3. The molecule has 4 nitrogen and oxygen atoms in total. The number of anilines is 2. The van der Waals surface area contributed by atoms with Gasteiger partial charge in [0.1, 0.15) is 5.82 Å². The van der Waals surface area contributed by atoms with Crippen molar-refractivity contribution in [3.8, 4) is 0 Å². The SMILES string of the molecule is CCCc1nn(C)c(NC(CC)c2ccccc2)c1N. The Morgan fingerprint density at radius 3 is 2.55 bits per heavy atom. The van der Waals surface area contributed by atoms with Crippen LogP contribution < -0.4 is 11.1 Å². The minimum Gasteiger partial charge on any atom is -0.394 e. The van der Waals surface area contributed by atoms with Crippen LogP contribution in [0.4, 0.5) is 11.5 Å². The van der Waals surface area contributed by atoms with Crippen molar-refractivity contribution in [2.24, 2.45) is 7.05 Å². The average Bonchev–Trinajstić information content (AvgIpc) is 2.73. The molecule has 2 aromatic rings. The second-order valence-corrected chi connectivity index (χ2v) is 5.10. The molecule has 0 aliphatic carbocycles. The number of benzene rings is 1. The number of nitrogens with zero attached hydrogens (tertiary/aromatic N) is 2. The van der Waals surface area contributed by atoms with Gasteiger partial charge >= 0.3 is 0 Å². The first-order valence-corrected chi connectivity index (χ1v) is 7.30. The summed E-state index contributed by atoms with van der Waals surface area (Å²) in [4.78, 5) is 0. The van der Waals surface area contributed by atoms with Crippen LogP contribution in [0.5, 0.6) is 0 Å². The fourth-order valence-corrected chi connectivity index (χ4v) is 2.46. The second-order valence-electron chi connectivity index (χ2n) is 5.10. The van der Waals surface area contributed by atoms with Crippen LogP contribution in [-0.4, -0.2) is 9.78 Å². The highest BCUT2D eigenvalue weighted by Crippen LogP contribution is 2.28. The molecule has 3 N–H and O–H groups in total. The van der Waals surface area contributed by atoms with Crippen molar-refractivity contribution in [3.63, 3.8) is 0 Å². The van der Waals surface area contributed by atoms with Gasteiger partial charge in [0.05, 0.1) is 17.4 Å². The molecule has 0 spiro atoms. The molecular weight excluding hydrogens is 248 g/mol. The minimum absolute atomic E-state index is 0.253. The fraction of sp³-hybridized carbons (Fsp3) is 0.438. The third-order valence-electron chi connectivity index (χ3n) is 3.57. The zero-order chi connectivity index (χ0) is 14.5. The summed E-state index contributed by atoms with van der Waals surface area (Å²) >= 11 is 0. The normalized spacial score (nSPS) is 12.3. The predicted molar refractivity (Wildman–Crippen MR) is 84.7 cm³/mol. The maximum absolute atomic E-state index is 6.23. The topological polar surface area (TPSA) is 55.9 Å². The van der Waals surface area contributed by atoms with Crippen LogP contribution in [0.3, 0.4) is 0 Å². The Balaban J connectivity index is 2.24. The highest BCUT2D eigenvalue weighted by Gasteiger charge is 2.16. The van der Waals surface area contributed by atoms with Gasteiger partial charge in [0, 0.05) is 7.05 Å². The van der Waals surface area contributed by atoms with Gasteiger partial charge in [-0.2, -0.15) is 5.10 Å². The van der Waals surface area contributed by atoms with Gasteiger partial charge in [-0.3, -0.25) is 4.68 Å². The molecule has 1 atom stereocenters. The molecule has 0 fully saturated rings.